The van der Waals surface area contributed by atoms with E-state index in [1.807, 2.05) is 0 Å². The lowest BCUT2D eigenvalue weighted by molar-refractivity contribution is -0.415. The van der Waals surface area contributed by atoms with Gasteiger partial charge >= 0.3 is 5.70 Å². The minimum atomic E-state index is -2.36. The lowest BCUT2D eigenvalue weighted by Crippen LogP contribution is -2.34. The summed E-state index contributed by atoms with van der Waals surface area (Å²) >= 11 is 0. The van der Waals surface area contributed by atoms with Gasteiger partial charge in [-0.15, -0.1) is 0 Å². The monoisotopic (exact) mass is 262 g/mol. The maximum atomic E-state index is 12.2. The molecule has 0 bridgehead atoms. The Morgan fingerprint density at radius 2 is 2.39 bits per heavy atom. The third-order valence-electron chi connectivity index (χ3n) is 2.81. The summed E-state index contributed by atoms with van der Waals surface area (Å²) in [5.74, 6) is 0. The zero-order chi connectivity index (χ0) is 13.7. The number of halogens is 2. The van der Waals surface area contributed by atoms with Crippen LogP contribution in [0.4, 0.5) is 8.78 Å². The van der Waals surface area contributed by atoms with Crippen LogP contribution in [0.25, 0.3) is 0 Å². The Labute approximate surface area is 103 Å². The maximum Gasteiger partial charge on any atom is 0.305 e. The number of allylic oxidation sites excluding steroid dienone is 2. The topological polar surface area (TPSA) is 82.3 Å². The van der Waals surface area contributed by atoms with Crippen LogP contribution in [-0.4, -0.2) is 48.1 Å². The van der Waals surface area contributed by atoms with E-state index >= 15 is 0 Å². The first-order chi connectivity index (χ1) is 8.43. The van der Waals surface area contributed by atoms with Crippen molar-refractivity contribution in [3.05, 3.63) is 21.5 Å². The summed E-state index contributed by atoms with van der Waals surface area (Å²) in [4.78, 5) is 11.6. The van der Waals surface area contributed by atoms with Crippen LogP contribution in [0.1, 0.15) is 13.3 Å². The predicted molar refractivity (Wildman–Crippen MR) is 62.5 cm³/mol. The van der Waals surface area contributed by atoms with Gasteiger partial charge in [-0.2, -0.15) is 0 Å². The molecule has 102 valence electrons. The molecule has 0 aromatic carbocycles. The molecule has 1 saturated heterocycles. The van der Waals surface area contributed by atoms with Crippen molar-refractivity contribution in [1.29, 1.82) is 5.41 Å². The lowest BCUT2D eigenvalue weighted by Gasteiger charge is -2.16. The van der Waals surface area contributed by atoms with Crippen LogP contribution in [-0.2, 0) is 0 Å². The molecule has 1 rings (SSSR count). The second kappa shape index (κ2) is 6.39. The summed E-state index contributed by atoms with van der Waals surface area (Å²) in [6, 6.07) is -0.0846. The molecular formula is C10H16F2N4O2. The van der Waals surface area contributed by atoms with E-state index in [1.165, 1.54) is 6.92 Å². The van der Waals surface area contributed by atoms with Gasteiger partial charge in [-0.1, -0.05) is 0 Å². The van der Waals surface area contributed by atoms with Crippen molar-refractivity contribution < 1.29 is 13.7 Å². The highest BCUT2D eigenvalue weighted by Crippen LogP contribution is 2.13. The minimum Gasteiger partial charge on any atom is -0.379 e. The van der Waals surface area contributed by atoms with E-state index in [2.05, 4.69) is 5.32 Å². The van der Waals surface area contributed by atoms with Crippen molar-refractivity contribution in [2.45, 2.75) is 25.8 Å². The smallest absolute Gasteiger partial charge is 0.305 e. The van der Waals surface area contributed by atoms with Gasteiger partial charge in [-0.3, -0.25) is 15.0 Å². The molecule has 8 heteroatoms. The van der Waals surface area contributed by atoms with E-state index in [-0.39, 0.29) is 18.3 Å². The van der Waals surface area contributed by atoms with Gasteiger partial charge < -0.3 is 10.7 Å². The zero-order valence-corrected chi connectivity index (χ0v) is 10.0. The number of nitro groups is 1. The Morgan fingerprint density at radius 1 is 1.72 bits per heavy atom. The number of alkyl halides is 2. The third kappa shape index (κ3) is 4.02. The molecule has 1 heterocycles. The first-order valence-corrected chi connectivity index (χ1v) is 5.56. The molecule has 0 spiro atoms. The SMILES string of the molecule is C/C(N[C@H]1CCN(CC(F)F)C1)=C(/C=N)[N+](=O)[O-]. The molecule has 1 fully saturated rings. The first-order valence-electron chi connectivity index (χ1n) is 5.56. The van der Waals surface area contributed by atoms with Crippen LogP contribution in [0.5, 0.6) is 0 Å². The number of rotatable bonds is 6. The van der Waals surface area contributed by atoms with Crippen LogP contribution in [0, 0.1) is 15.5 Å². The van der Waals surface area contributed by atoms with Crippen molar-refractivity contribution >= 4 is 6.21 Å². The average molecular weight is 262 g/mol. The van der Waals surface area contributed by atoms with Crippen molar-refractivity contribution in [2.75, 3.05) is 19.6 Å². The number of hydrogen-bond acceptors (Lipinski definition) is 5. The lowest BCUT2D eigenvalue weighted by atomic mass is 10.2. The molecule has 0 aliphatic carbocycles. The molecule has 2 N–H and O–H groups in total. The van der Waals surface area contributed by atoms with Crippen LogP contribution >= 0.6 is 0 Å². The van der Waals surface area contributed by atoms with Gasteiger partial charge in [0.2, 0.25) is 0 Å². The van der Waals surface area contributed by atoms with Gasteiger partial charge in [-0.05, 0) is 13.3 Å². The molecular weight excluding hydrogens is 246 g/mol. The molecule has 1 atom stereocenters. The summed E-state index contributed by atoms with van der Waals surface area (Å²) in [5, 5.41) is 20.5. The quantitative estimate of drug-likeness (QED) is 0.426. The van der Waals surface area contributed by atoms with Crippen LogP contribution in [0.3, 0.4) is 0 Å². The summed E-state index contributed by atoms with van der Waals surface area (Å²) < 4.78 is 24.3. The predicted octanol–water partition coefficient (Wildman–Crippen LogP) is 1.07. The second-order valence-corrected chi connectivity index (χ2v) is 4.19. The van der Waals surface area contributed by atoms with Crippen LogP contribution in [0.15, 0.2) is 11.4 Å². The Kier molecular flexibility index (Phi) is 5.14. The van der Waals surface area contributed by atoms with Gasteiger partial charge in [0.1, 0.15) is 0 Å². The molecule has 6 nitrogen and oxygen atoms in total. The number of hydrogen-bond donors (Lipinski definition) is 2. The summed E-state index contributed by atoms with van der Waals surface area (Å²) in [7, 11) is 0. The molecule has 1 aliphatic heterocycles. The second-order valence-electron chi connectivity index (χ2n) is 4.19. The fourth-order valence-corrected chi connectivity index (χ4v) is 1.99. The Morgan fingerprint density at radius 3 is 2.89 bits per heavy atom. The van der Waals surface area contributed by atoms with Gasteiger partial charge in [0.25, 0.3) is 6.43 Å². The summed E-state index contributed by atoms with van der Waals surface area (Å²) in [6.45, 7) is 2.23. The first kappa shape index (κ1) is 14.5. The van der Waals surface area contributed by atoms with Gasteiger partial charge in [-0.25, -0.2) is 8.78 Å². The van der Waals surface area contributed by atoms with Gasteiger partial charge in [0.15, 0.2) is 0 Å². The fraction of sp³-hybridized carbons (Fsp3) is 0.700. The normalized spacial score (nSPS) is 21.9. The highest BCUT2D eigenvalue weighted by molar-refractivity contribution is 5.73. The summed E-state index contributed by atoms with van der Waals surface area (Å²) in [6.07, 6.45) is -1.03. The fourth-order valence-electron chi connectivity index (χ4n) is 1.99. The van der Waals surface area contributed by atoms with Gasteiger partial charge in [0.05, 0.1) is 23.4 Å². The van der Waals surface area contributed by atoms with E-state index in [9.17, 15) is 18.9 Å². The third-order valence-corrected chi connectivity index (χ3v) is 2.81. The molecule has 0 aromatic rings. The molecule has 18 heavy (non-hydrogen) atoms. The number of nitrogens with zero attached hydrogens (tertiary/aromatic N) is 2. The van der Waals surface area contributed by atoms with E-state index in [4.69, 9.17) is 5.41 Å². The number of likely N-dealkylation sites (tertiary alicyclic amines) is 1. The van der Waals surface area contributed by atoms with E-state index in [0.717, 1.165) is 0 Å². The highest BCUT2D eigenvalue weighted by atomic mass is 19.3. The molecule has 1 aliphatic rings. The highest BCUT2D eigenvalue weighted by Gasteiger charge is 2.25. The molecule has 0 aromatic heterocycles. The molecule has 0 radical (unpaired) electrons. The minimum absolute atomic E-state index is 0.0846. The average Bonchev–Trinajstić information content (AvgIpc) is 2.64. The number of nitrogens with one attached hydrogen (secondary N) is 2. The van der Waals surface area contributed by atoms with Gasteiger partial charge in [0, 0.05) is 19.1 Å². The Hall–Kier alpha value is -1.57. The standard InChI is InChI=1S/C10H16F2N4O2/c1-7(9(4-13)16(17)18)14-8-2-3-15(5-8)6-10(11)12/h4,8,10,13-14H,2-3,5-6H2,1H3/b9-7+,13-4?/t8-/m0/s1. The molecule has 0 amide bonds. The van der Waals surface area contributed by atoms with E-state index in [1.54, 1.807) is 4.90 Å². The maximum absolute atomic E-state index is 12.2. The molecule has 0 unspecified atom stereocenters. The molecule has 0 saturated carbocycles. The zero-order valence-electron chi connectivity index (χ0n) is 10.0. The van der Waals surface area contributed by atoms with Crippen molar-refractivity contribution in [1.82, 2.24) is 10.2 Å². The van der Waals surface area contributed by atoms with E-state index < -0.39 is 11.3 Å². The van der Waals surface area contributed by atoms with Crippen molar-refractivity contribution in [3.8, 4) is 0 Å². The Bertz CT molecular complexity index is 360. The summed E-state index contributed by atoms with van der Waals surface area (Å²) in [5.41, 5.74) is -0.0128. The Balaban J connectivity index is 2.54. The van der Waals surface area contributed by atoms with Crippen LogP contribution < -0.4 is 5.32 Å². The largest absolute Gasteiger partial charge is 0.379 e. The van der Waals surface area contributed by atoms with Crippen molar-refractivity contribution in [3.63, 3.8) is 0 Å². The van der Waals surface area contributed by atoms with Crippen molar-refractivity contribution in [2.24, 2.45) is 0 Å². The van der Waals surface area contributed by atoms with E-state index in [0.29, 0.717) is 31.4 Å². The van der Waals surface area contributed by atoms with Crippen LogP contribution in [0.2, 0.25) is 0 Å².